The van der Waals surface area contributed by atoms with E-state index in [1.807, 2.05) is 0 Å². The Labute approximate surface area is 113 Å². The zero-order chi connectivity index (χ0) is 13.8. The second-order valence-corrected chi connectivity index (χ2v) is 5.57. The molecule has 0 saturated heterocycles. The first kappa shape index (κ1) is 13.8. The number of amides is 1. The molecule has 1 aliphatic carbocycles. The van der Waals surface area contributed by atoms with Crippen molar-refractivity contribution in [3.05, 3.63) is 29.6 Å². The van der Waals surface area contributed by atoms with Gasteiger partial charge in [0, 0.05) is 12.1 Å². The van der Waals surface area contributed by atoms with Crippen molar-refractivity contribution >= 4 is 11.6 Å². The minimum absolute atomic E-state index is 0.0131. The summed E-state index contributed by atoms with van der Waals surface area (Å²) in [6.07, 6.45) is 4.83. The van der Waals surface area contributed by atoms with Gasteiger partial charge in [0.25, 0.3) is 5.91 Å². The number of nitrogens with two attached hydrogens (primary N) is 1. The molecular formula is C15H21FN2O. The zero-order valence-corrected chi connectivity index (χ0v) is 11.3. The molecule has 19 heavy (non-hydrogen) atoms. The summed E-state index contributed by atoms with van der Waals surface area (Å²) in [6, 6.07) is 4.07. The van der Waals surface area contributed by atoms with Crippen LogP contribution >= 0.6 is 0 Å². The van der Waals surface area contributed by atoms with E-state index in [0.29, 0.717) is 18.0 Å². The maximum Gasteiger partial charge on any atom is 0.251 e. The van der Waals surface area contributed by atoms with Crippen molar-refractivity contribution < 1.29 is 9.18 Å². The monoisotopic (exact) mass is 264 g/mol. The van der Waals surface area contributed by atoms with Crippen molar-refractivity contribution in [1.82, 2.24) is 5.32 Å². The zero-order valence-electron chi connectivity index (χ0n) is 11.3. The molecule has 104 valence electrons. The van der Waals surface area contributed by atoms with E-state index in [-0.39, 0.29) is 11.6 Å². The maximum atomic E-state index is 13.0. The smallest absolute Gasteiger partial charge is 0.251 e. The van der Waals surface area contributed by atoms with Crippen LogP contribution in [-0.2, 0) is 0 Å². The number of nitrogens with one attached hydrogen (secondary N) is 1. The largest absolute Gasteiger partial charge is 0.396 e. The van der Waals surface area contributed by atoms with Gasteiger partial charge < -0.3 is 11.1 Å². The first-order chi connectivity index (χ1) is 9.06. The lowest BCUT2D eigenvalue weighted by atomic mass is 9.83. The molecule has 0 spiro atoms. The van der Waals surface area contributed by atoms with Crippen LogP contribution in [-0.4, -0.2) is 12.5 Å². The van der Waals surface area contributed by atoms with Gasteiger partial charge in [-0.1, -0.05) is 19.8 Å². The lowest BCUT2D eigenvalue weighted by Crippen LogP contribution is -2.31. The molecule has 3 nitrogen and oxygen atoms in total. The highest BCUT2D eigenvalue weighted by molar-refractivity contribution is 5.95. The van der Waals surface area contributed by atoms with Gasteiger partial charge in [-0.15, -0.1) is 0 Å². The van der Waals surface area contributed by atoms with Crippen LogP contribution in [0.25, 0.3) is 0 Å². The fourth-order valence-electron chi connectivity index (χ4n) is 2.56. The third-order valence-electron chi connectivity index (χ3n) is 3.94. The van der Waals surface area contributed by atoms with Crippen LogP contribution in [0.5, 0.6) is 0 Å². The van der Waals surface area contributed by atoms with Gasteiger partial charge in [0.2, 0.25) is 0 Å². The van der Waals surface area contributed by atoms with E-state index in [9.17, 15) is 9.18 Å². The number of halogens is 1. The number of anilines is 1. The van der Waals surface area contributed by atoms with Crippen molar-refractivity contribution in [3.8, 4) is 0 Å². The van der Waals surface area contributed by atoms with E-state index in [0.717, 1.165) is 5.92 Å². The highest BCUT2D eigenvalue weighted by Gasteiger charge is 2.19. The number of benzene rings is 1. The number of nitrogen functional groups attached to an aromatic ring is 1. The first-order valence-corrected chi connectivity index (χ1v) is 6.89. The number of hydrogen-bond donors (Lipinski definition) is 2. The average Bonchev–Trinajstić information content (AvgIpc) is 2.41. The van der Waals surface area contributed by atoms with Gasteiger partial charge in [-0.3, -0.25) is 4.79 Å². The Bertz CT molecular complexity index is 453. The molecule has 0 unspecified atom stereocenters. The van der Waals surface area contributed by atoms with Crippen molar-refractivity contribution in [1.29, 1.82) is 0 Å². The van der Waals surface area contributed by atoms with E-state index < -0.39 is 5.82 Å². The molecule has 0 bridgehead atoms. The average molecular weight is 264 g/mol. The third kappa shape index (κ3) is 3.69. The Morgan fingerprint density at radius 3 is 2.68 bits per heavy atom. The van der Waals surface area contributed by atoms with Crippen molar-refractivity contribution in [3.63, 3.8) is 0 Å². The fraction of sp³-hybridized carbons (Fsp3) is 0.533. The Balaban J connectivity index is 1.85. The highest BCUT2D eigenvalue weighted by Crippen LogP contribution is 2.27. The molecule has 0 radical (unpaired) electrons. The van der Waals surface area contributed by atoms with Gasteiger partial charge in [-0.2, -0.15) is 0 Å². The molecule has 4 heteroatoms. The number of carbonyl (C=O) groups excluding carboxylic acids is 1. The second kappa shape index (κ2) is 6.04. The van der Waals surface area contributed by atoms with E-state index >= 15 is 0 Å². The molecule has 1 aromatic carbocycles. The van der Waals surface area contributed by atoms with Crippen LogP contribution in [0.4, 0.5) is 10.1 Å². The molecule has 0 heterocycles. The molecule has 1 saturated carbocycles. The summed E-state index contributed by atoms with van der Waals surface area (Å²) in [5.41, 5.74) is 5.89. The minimum Gasteiger partial charge on any atom is -0.396 e. The number of carbonyl (C=O) groups is 1. The predicted octanol–water partition coefficient (Wildman–Crippen LogP) is 2.96. The number of rotatable bonds is 3. The summed E-state index contributed by atoms with van der Waals surface area (Å²) in [6.45, 7) is 2.97. The topological polar surface area (TPSA) is 55.1 Å². The van der Waals surface area contributed by atoms with Gasteiger partial charge in [0.15, 0.2) is 0 Å². The van der Waals surface area contributed by atoms with Crippen LogP contribution in [0.1, 0.15) is 43.0 Å². The van der Waals surface area contributed by atoms with E-state index in [2.05, 4.69) is 12.2 Å². The SMILES string of the molecule is CC1CCC(CNC(=O)c2ccc(F)c(N)c2)CC1. The van der Waals surface area contributed by atoms with Crippen molar-refractivity contribution in [2.45, 2.75) is 32.6 Å². The Hall–Kier alpha value is -1.58. The Morgan fingerprint density at radius 2 is 2.05 bits per heavy atom. The van der Waals surface area contributed by atoms with Gasteiger partial charge in [-0.05, 0) is 42.9 Å². The van der Waals surface area contributed by atoms with Gasteiger partial charge >= 0.3 is 0 Å². The van der Waals surface area contributed by atoms with E-state index in [1.165, 1.54) is 43.9 Å². The summed E-state index contributed by atoms with van der Waals surface area (Å²) in [5, 5.41) is 2.91. The minimum atomic E-state index is -0.488. The van der Waals surface area contributed by atoms with Gasteiger partial charge in [0.05, 0.1) is 5.69 Å². The van der Waals surface area contributed by atoms with Crippen molar-refractivity contribution in [2.75, 3.05) is 12.3 Å². The summed E-state index contributed by atoms with van der Waals surface area (Å²) in [4.78, 5) is 11.9. The molecule has 0 aliphatic heterocycles. The Morgan fingerprint density at radius 1 is 1.37 bits per heavy atom. The molecule has 0 atom stereocenters. The number of hydrogen-bond acceptors (Lipinski definition) is 2. The fourth-order valence-corrected chi connectivity index (χ4v) is 2.56. The molecule has 1 amide bonds. The predicted molar refractivity (Wildman–Crippen MR) is 74.3 cm³/mol. The van der Waals surface area contributed by atoms with Gasteiger partial charge in [0.1, 0.15) is 5.82 Å². The molecular weight excluding hydrogens is 243 g/mol. The first-order valence-electron chi connectivity index (χ1n) is 6.89. The maximum absolute atomic E-state index is 13.0. The van der Waals surface area contributed by atoms with Crippen LogP contribution in [0.2, 0.25) is 0 Å². The summed E-state index contributed by atoms with van der Waals surface area (Å²) >= 11 is 0. The Kier molecular flexibility index (Phi) is 4.40. The quantitative estimate of drug-likeness (QED) is 0.825. The van der Waals surface area contributed by atoms with Crippen LogP contribution < -0.4 is 11.1 Å². The summed E-state index contributed by atoms with van der Waals surface area (Å²) in [5.74, 6) is 0.713. The molecule has 1 fully saturated rings. The molecule has 3 N–H and O–H groups in total. The third-order valence-corrected chi connectivity index (χ3v) is 3.94. The summed E-state index contributed by atoms with van der Waals surface area (Å²) in [7, 11) is 0. The van der Waals surface area contributed by atoms with E-state index in [1.54, 1.807) is 0 Å². The molecule has 1 aromatic rings. The van der Waals surface area contributed by atoms with Crippen LogP contribution in [0.3, 0.4) is 0 Å². The normalized spacial score (nSPS) is 23.1. The molecule has 1 aliphatic rings. The van der Waals surface area contributed by atoms with Gasteiger partial charge in [-0.25, -0.2) is 4.39 Å². The summed E-state index contributed by atoms with van der Waals surface area (Å²) < 4.78 is 13.0. The second-order valence-electron chi connectivity index (χ2n) is 5.57. The standard InChI is InChI=1S/C15H21FN2O/c1-10-2-4-11(5-3-10)9-18-15(19)12-6-7-13(16)14(17)8-12/h6-8,10-11H,2-5,9,17H2,1H3,(H,18,19). The van der Waals surface area contributed by atoms with E-state index in [4.69, 9.17) is 5.73 Å². The van der Waals surface area contributed by atoms with Crippen LogP contribution in [0.15, 0.2) is 18.2 Å². The highest BCUT2D eigenvalue weighted by atomic mass is 19.1. The lowest BCUT2D eigenvalue weighted by molar-refractivity contribution is 0.0942. The van der Waals surface area contributed by atoms with Crippen molar-refractivity contribution in [2.24, 2.45) is 11.8 Å². The van der Waals surface area contributed by atoms with Crippen LogP contribution in [0, 0.1) is 17.7 Å². The lowest BCUT2D eigenvalue weighted by Gasteiger charge is -2.26. The molecule has 0 aromatic heterocycles. The molecule has 2 rings (SSSR count).